The predicted molar refractivity (Wildman–Crippen MR) is 56.9 cm³/mol. The van der Waals surface area contributed by atoms with Gasteiger partial charge in [-0.25, -0.2) is 4.79 Å². The Labute approximate surface area is 96.8 Å². The largest absolute Gasteiger partial charge is 0.464 e. The van der Waals surface area contributed by atoms with Crippen LogP contribution in [0.3, 0.4) is 0 Å². The van der Waals surface area contributed by atoms with Crippen LogP contribution in [0.15, 0.2) is 12.1 Å². The highest BCUT2D eigenvalue weighted by Crippen LogP contribution is 2.03. The smallest absolute Gasteiger partial charge is 0.354 e. The van der Waals surface area contributed by atoms with Gasteiger partial charge in [0.15, 0.2) is 5.82 Å². The van der Waals surface area contributed by atoms with Gasteiger partial charge in [-0.3, -0.25) is 0 Å². The molecule has 2 rings (SSSR count). The fourth-order valence-electron chi connectivity index (χ4n) is 1.34. The molecule has 3 N–H and O–H groups in total. The summed E-state index contributed by atoms with van der Waals surface area (Å²) in [5.74, 6) is 0.208. The summed E-state index contributed by atoms with van der Waals surface area (Å²) in [6, 6.07) is 3.49. The van der Waals surface area contributed by atoms with E-state index in [0.29, 0.717) is 24.6 Å². The number of H-pyrrole nitrogens is 2. The van der Waals surface area contributed by atoms with Crippen molar-refractivity contribution in [1.29, 1.82) is 0 Å². The van der Waals surface area contributed by atoms with E-state index in [-0.39, 0.29) is 5.97 Å². The van der Waals surface area contributed by atoms with Crippen molar-refractivity contribution >= 4 is 5.97 Å². The van der Waals surface area contributed by atoms with Crippen molar-refractivity contribution in [3.05, 3.63) is 29.3 Å². The fraction of sp³-hybridized carbons (Fsp3) is 0.333. The summed E-state index contributed by atoms with van der Waals surface area (Å²) < 4.78 is 4.59. The van der Waals surface area contributed by atoms with Gasteiger partial charge in [0.25, 0.3) is 0 Å². The Morgan fingerprint density at radius 1 is 1.47 bits per heavy atom. The van der Waals surface area contributed by atoms with Gasteiger partial charge in [-0.05, 0) is 12.1 Å². The van der Waals surface area contributed by atoms with Crippen LogP contribution in [0.4, 0.5) is 0 Å². The maximum Gasteiger partial charge on any atom is 0.354 e. The molecule has 0 bridgehead atoms. The monoisotopic (exact) mass is 236 g/mol. The number of carbonyl (C=O) groups is 1. The van der Waals surface area contributed by atoms with Gasteiger partial charge < -0.3 is 15.0 Å². The van der Waals surface area contributed by atoms with Gasteiger partial charge in [-0.15, -0.1) is 10.2 Å². The number of carbonyl (C=O) groups excluding carboxylic acids is 1. The molecule has 0 amide bonds. The lowest BCUT2D eigenvalue weighted by atomic mass is 10.4. The molecule has 0 radical (unpaired) electrons. The topological polar surface area (TPSA) is 109 Å². The van der Waals surface area contributed by atoms with E-state index in [2.05, 4.69) is 35.7 Å². The van der Waals surface area contributed by atoms with E-state index in [0.717, 1.165) is 5.69 Å². The summed E-state index contributed by atoms with van der Waals surface area (Å²) in [6.07, 6.45) is 0. The van der Waals surface area contributed by atoms with Crippen LogP contribution in [-0.2, 0) is 17.8 Å². The Morgan fingerprint density at radius 2 is 2.35 bits per heavy atom. The van der Waals surface area contributed by atoms with Crippen LogP contribution in [0.5, 0.6) is 0 Å². The summed E-state index contributed by atoms with van der Waals surface area (Å²) in [7, 11) is 1.34. The number of aromatic nitrogens is 5. The lowest BCUT2D eigenvalue weighted by Gasteiger charge is -1.99. The van der Waals surface area contributed by atoms with E-state index in [4.69, 9.17) is 0 Å². The second kappa shape index (κ2) is 5.21. The number of esters is 1. The lowest BCUT2D eigenvalue weighted by molar-refractivity contribution is 0.0594. The van der Waals surface area contributed by atoms with Crippen LogP contribution in [0.1, 0.15) is 22.0 Å². The molecule has 0 fully saturated rings. The van der Waals surface area contributed by atoms with Gasteiger partial charge >= 0.3 is 5.97 Å². The first-order valence-corrected chi connectivity index (χ1v) is 4.99. The molecule has 0 unspecified atom stereocenters. The molecule has 0 atom stereocenters. The summed E-state index contributed by atoms with van der Waals surface area (Å²) in [6.45, 7) is 1.08. The highest BCUT2D eigenvalue weighted by molar-refractivity contribution is 5.87. The van der Waals surface area contributed by atoms with Crippen LogP contribution < -0.4 is 5.32 Å². The number of aromatic amines is 2. The Kier molecular flexibility index (Phi) is 3.46. The molecule has 0 saturated carbocycles. The molecule has 8 nitrogen and oxygen atoms in total. The van der Waals surface area contributed by atoms with Crippen molar-refractivity contribution in [3.63, 3.8) is 0 Å². The maximum absolute atomic E-state index is 11.2. The minimum absolute atomic E-state index is 0.380. The van der Waals surface area contributed by atoms with E-state index in [1.807, 2.05) is 6.07 Å². The Balaban J connectivity index is 1.83. The van der Waals surface area contributed by atoms with E-state index >= 15 is 0 Å². The number of tetrazole rings is 1. The standard InChI is InChI=1S/C9H12N6O2/c1-17-9(16)7-3-2-6(11-7)4-10-5-8-12-14-15-13-8/h2-3,10-11H,4-5H2,1H3,(H,12,13,14,15). The van der Waals surface area contributed by atoms with Gasteiger partial charge in [-0.2, -0.15) is 5.21 Å². The molecule has 90 valence electrons. The second-order valence-electron chi connectivity index (χ2n) is 3.32. The van der Waals surface area contributed by atoms with Gasteiger partial charge in [0.1, 0.15) is 5.69 Å². The average molecular weight is 236 g/mol. The third-order valence-corrected chi connectivity index (χ3v) is 2.14. The van der Waals surface area contributed by atoms with Crippen molar-refractivity contribution in [2.24, 2.45) is 0 Å². The molecule has 2 heterocycles. The maximum atomic E-state index is 11.2. The highest BCUT2D eigenvalue weighted by atomic mass is 16.5. The first kappa shape index (κ1) is 11.3. The molecule has 17 heavy (non-hydrogen) atoms. The molecule has 8 heteroatoms. The third-order valence-electron chi connectivity index (χ3n) is 2.14. The van der Waals surface area contributed by atoms with Crippen molar-refractivity contribution in [1.82, 2.24) is 30.9 Å². The number of nitrogens with one attached hydrogen (secondary N) is 3. The van der Waals surface area contributed by atoms with Crippen molar-refractivity contribution in [2.75, 3.05) is 7.11 Å². The third kappa shape index (κ3) is 2.88. The first-order valence-electron chi connectivity index (χ1n) is 4.99. The van der Waals surface area contributed by atoms with Gasteiger partial charge in [-0.1, -0.05) is 5.21 Å². The highest BCUT2D eigenvalue weighted by Gasteiger charge is 2.07. The summed E-state index contributed by atoms with van der Waals surface area (Å²) >= 11 is 0. The van der Waals surface area contributed by atoms with Crippen LogP contribution in [0, 0.1) is 0 Å². The van der Waals surface area contributed by atoms with Gasteiger partial charge in [0, 0.05) is 12.2 Å². The van der Waals surface area contributed by atoms with Gasteiger partial charge in [0.05, 0.1) is 13.7 Å². The molecule has 0 aliphatic heterocycles. The molecular weight excluding hydrogens is 224 g/mol. The van der Waals surface area contributed by atoms with Gasteiger partial charge in [0.2, 0.25) is 0 Å². The van der Waals surface area contributed by atoms with Crippen LogP contribution in [-0.4, -0.2) is 38.7 Å². The van der Waals surface area contributed by atoms with Crippen molar-refractivity contribution in [2.45, 2.75) is 13.1 Å². The van der Waals surface area contributed by atoms with E-state index < -0.39 is 0 Å². The molecule has 0 aliphatic carbocycles. The van der Waals surface area contributed by atoms with Crippen molar-refractivity contribution < 1.29 is 9.53 Å². The number of ether oxygens (including phenoxy) is 1. The van der Waals surface area contributed by atoms with E-state index in [9.17, 15) is 4.79 Å². The Hall–Kier alpha value is -2.22. The molecule has 0 aromatic carbocycles. The number of hydrogen-bond acceptors (Lipinski definition) is 6. The second-order valence-corrected chi connectivity index (χ2v) is 3.32. The number of rotatable bonds is 5. The Morgan fingerprint density at radius 3 is 3.06 bits per heavy atom. The van der Waals surface area contributed by atoms with E-state index in [1.165, 1.54) is 7.11 Å². The molecule has 2 aromatic heterocycles. The number of methoxy groups -OCH3 is 1. The molecule has 0 spiro atoms. The zero-order valence-corrected chi connectivity index (χ0v) is 9.23. The minimum atomic E-state index is -0.380. The molecular formula is C9H12N6O2. The quantitative estimate of drug-likeness (QED) is 0.610. The summed E-state index contributed by atoms with van der Waals surface area (Å²) in [5, 5.41) is 16.5. The summed E-state index contributed by atoms with van der Waals surface area (Å²) in [4.78, 5) is 14.1. The predicted octanol–water partition coefficient (Wildman–Crippen LogP) is -0.396. The van der Waals surface area contributed by atoms with Crippen molar-refractivity contribution in [3.8, 4) is 0 Å². The normalized spacial score (nSPS) is 10.4. The van der Waals surface area contributed by atoms with Crippen LogP contribution in [0.2, 0.25) is 0 Å². The number of nitrogens with zero attached hydrogens (tertiary/aromatic N) is 3. The minimum Gasteiger partial charge on any atom is -0.464 e. The molecule has 2 aromatic rings. The van der Waals surface area contributed by atoms with E-state index in [1.54, 1.807) is 6.07 Å². The SMILES string of the molecule is COC(=O)c1ccc(CNCc2nn[nH]n2)[nH]1. The average Bonchev–Trinajstić information content (AvgIpc) is 2.99. The number of hydrogen-bond donors (Lipinski definition) is 3. The first-order chi connectivity index (χ1) is 8.29. The molecule has 0 saturated heterocycles. The fourth-order valence-corrected chi connectivity index (χ4v) is 1.34. The molecule has 0 aliphatic rings. The zero-order chi connectivity index (χ0) is 12.1. The zero-order valence-electron chi connectivity index (χ0n) is 9.23. The van der Waals surface area contributed by atoms with Crippen LogP contribution >= 0.6 is 0 Å². The lowest BCUT2D eigenvalue weighted by Crippen LogP contribution is -2.14. The summed E-state index contributed by atoms with van der Waals surface area (Å²) in [5.41, 5.74) is 1.32. The Bertz CT molecular complexity index is 477. The van der Waals surface area contributed by atoms with Crippen LogP contribution in [0.25, 0.3) is 0 Å².